The Morgan fingerprint density at radius 1 is 1.33 bits per heavy atom. The Kier molecular flexibility index (Phi) is 4.52. The first-order chi connectivity index (χ1) is 5.36. The Hall–Kier alpha value is -1.52. The third-order valence-corrected chi connectivity index (χ3v) is 1.25. The second kappa shape index (κ2) is 5.17. The smallest absolute Gasteiger partial charge is 0.245 e. The van der Waals surface area contributed by atoms with Gasteiger partial charge in [0, 0.05) is 0 Å². The first kappa shape index (κ1) is 10.5. The minimum atomic E-state index is 0. The molecule has 0 fully saturated rings. The third kappa shape index (κ3) is 2.61. The average molecular weight is 183 g/mol. The van der Waals surface area contributed by atoms with Crippen molar-refractivity contribution in [1.82, 2.24) is 4.57 Å². The topological polar surface area (TPSA) is 56.4 Å². The van der Waals surface area contributed by atoms with Crippen LogP contribution in [0.15, 0.2) is 18.7 Å². The molecular formula is C7H7ClN4. The van der Waals surface area contributed by atoms with Crippen LogP contribution < -0.4 is 17.0 Å². The molecule has 0 N–H and O–H groups in total. The van der Waals surface area contributed by atoms with E-state index in [-0.39, 0.29) is 12.4 Å². The highest BCUT2D eigenvalue weighted by atomic mass is 35.5. The lowest BCUT2D eigenvalue weighted by atomic mass is 10.7. The Morgan fingerprint density at radius 2 is 2.08 bits per heavy atom. The van der Waals surface area contributed by atoms with Gasteiger partial charge in [0.1, 0.15) is 24.5 Å². The number of nitriles is 2. The second-order valence-electron chi connectivity index (χ2n) is 2.07. The molecule has 0 saturated heterocycles. The number of hydrogen-bond acceptors (Lipinski definition) is 2. The highest BCUT2D eigenvalue weighted by molar-refractivity contribution is 4.76. The summed E-state index contributed by atoms with van der Waals surface area (Å²) in [5, 5.41) is 16.6. The van der Waals surface area contributed by atoms with Crippen molar-refractivity contribution in [3.8, 4) is 12.1 Å². The molecule has 0 spiro atoms. The molecule has 0 amide bonds. The molecule has 0 aliphatic heterocycles. The van der Waals surface area contributed by atoms with Crippen molar-refractivity contribution in [2.45, 2.75) is 13.1 Å². The Labute approximate surface area is 76.7 Å². The van der Waals surface area contributed by atoms with Crippen LogP contribution in [-0.2, 0) is 13.1 Å². The van der Waals surface area contributed by atoms with Crippen molar-refractivity contribution in [3.05, 3.63) is 18.7 Å². The minimum absolute atomic E-state index is 0. The van der Waals surface area contributed by atoms with E-state index >= 15 is 0 Å². The van der Waals surface area contributed by atoms with E-state index in [2.05, 4.69) is 0 Å². The molecule has 0 aliphatic rings. The minimum Gasteiger partial charge on any atom is -1.00 e. The van der Waals surface area contributed by atoms with Crippen molar-refractivity contribution in [2.75, 3.05) is 0 Å². The molecule has 62 valence electrons. The summed E-state index contributed by atoms with van der Waals surface area (Å²) < 4.78 is 3.44. The predicted molar refractivity (Wildman–Crippen MR) is 35.9 cm³/mol. The molecule has 0 unspecified atom stereocenters. The molecule has 0 atom stereocenters. The van der Waals surface area contributed by atoms with Gasteiger partial charge in [-0.15, -0.1) is 0 Å². The summed E-state index contributed by atoms with van der Waals surface area (Å²) in [6.45, 7) is 0.664. The van der Waals surface area contributed by atoms with E-state index < -0.39 is 0 Å². The maximum absolute atomic E-state index is 8.31. The van der Waals surface area contributed by atoms with E-state index in [0.29, 0.717) is 13.1 Å². The summed E-state index contributed by atoms with van der Waals surface area (Å²) in [7, 11) is 0. The van der Waals surface area contributed by atoms with Crippen LogP contribution in [0, 0.1) is 22.7 Å². The summed E-state index contributed by atoms with van der Waals surface area (Å²) in [5.41, 5.74) is 0. The summed E-state index contributed by atoms with van der Waals surface area (Å²) >= 11 is 0. The van der Waals surface area contributed by atoms with E-state index in [1.54, 1.807) is 27.9 Å². The molecule has 0 aromatic carbocycles. The molecule has 1 aromatic rings. The molecule has 0 bridgehead atoms. The van der Waals surface area contributed by atoms with Crippen LogP contribution in [0.5, 0.6) is 0 Å². The lowest BCUT2D eigenvalue weighted by Gasteiger charge is -1.82. The van der Waals surface area contributed by atoms with Crippen LogP contribution in [-0.4, -0.2) is 4.57 Å². The van der Waals surface area contributed by atoms with Gasteiger partial charge in [-0.3, -0.25) is 0 Å². The fourth-order valence-electron chi connectivity index (χ4n) is 0.789. The summed E-state index contributed by atoms with van der Waals surface area (Å²) in [6.07, 6.45) is 5.26. The lowest BCUT2D eigenvalue weighted by Crippen LogP contribution is -3.00. The maximum Gasteiger partial charge on any atom is 0.245 e. The molecule has 12 heavy (non-hydrogen) atoms. The quantitative estimate of drug-likeness (QED) is 0.453. The standard InChI is InChI=1S/C7H7N4.ClH/c8-1-3-10-5-6-11(7-10)4-2-9;/h5-7H,3-4H2;1H/q+1;/p-1. The Balaban J connectivity index is 0.00000121. The van der Waals surface area contributed by atoms with Gasteiger partial charge < -0.3 is 12.4 Å². The van der Waals surface area contributed by atoms with E-state index in [9.17, 15) is 0 Å². The zero-order valence-corrected chi connectivity index (χ0v) is 7.07. The number of rotatable bonds is 2. The van der Waals surface area contributed by atoms with E-state index in [0.717, 1.165) is 0 Å². The molecule has 1 aromatic heterocycles. The van der Waals surface area contributed by atoms with Crippen LogP contribution in [0.3, 0.4) is 0 Å². The average Bonchev–Trinajstić information content (AvgIpc) is 2.38. The first-order valence-corrected chi connectivity index (χ1v) is 3.15. The van der Waals surface area contributed by atoms with Gasteiger partial charge in [-0.05, 0) is 0 Å². The van der Waals surface area contributed by atoms with E-state index in [1.807, 2.05) is 12.1 Å². The predicted octanol–water partition coefficient (Wildman–Crippen LogP) is -3.17. The van der Waals surface area contributed by atoms with Crippen LogP contribution in [0.1, 0.15) is 0 Å². The normalized spacial score (nSPS) is 7.83. The van der Waals surface area contributed by atoms with Gasteiger partial charge in [0.25, 0.3) is 0 Å². The highest BCUT2D eigenvalue weighted by Crippen LogP contribution is 1.81. The summed E-state index contributed by atoms with van der Waals surface area (Å²) in [4.78, 5) is 0. The maximum atomic E-state index is 8.31. The molecule has 0 radical (unpaired) electrons. The fourth-order valence-corrected chi connectivity index (χ4v) is 0.789. The zero-order valence-electron chi connectivity index (χ0n) is 6.31. The van der Waals surface area contributed by atoms with Crippen molar-refractivity contribution < 1.29 is 17.0 Å². The molecule has 4 nitrogen and oxygen atoms in total. The largest absolute Gasteiger partial charge is 1.00 e. The summed E-state index contributed by atoms with van der Waals surface area (Å²) in [5.74, 6) is 0. The van der Waals surface area contributed by atoms with Crippen LogP contribution in [0.4, 0.5) is 0 Å². The van der Waals surface area contributed by atoms with Crippen molar-refractivity contribution in [2.24, 2.45) is 0 Å². The number of hydrogen-bond donors (Lipinski definition) is 0. The van der Waals surface area contributed by atoms with Gasteiger partial charge in [0.15, 0.2) is 13.1 Å². The monoisotopic (exact) mass is 182 g/mol. The molecule has 5 heteroatoms. The van der Waals surface area contributed by atoms with E-state index in [4.69, 9.17) is 10.5 Å². The van der Waals surface area contributed by atoms with Crippen LogP contribution in [0.25, 0.3) is 0 Å². The number of halogens is 1. The zero-order chi connectivity index (χ0) is 8.10. The van der Waals surface area contributed by atoms with Crippen molar-refractivity contribution in [1.29, 1.82) is 10.5 Å². The Bertz CT molecular complexity index is 286. The molecule has 1 heterocycles. The van der Waals surface area contributed by atoms with Gasteiger partial charge in [0.05, 0.1) is 0 Å². The third-order valence-electron chi connectivity index (χ3n) is 1.25. The van der Waals surface area contributed by atoms with Crippen LogP contribution >= 0.6 is 0 Å². The molecular weight excluding hydrogens is 176 g/mol. The highest BCUT2D eigenvalue weighted by Gasteiger charge is 2.00. The molecule has 1 rings (SSSR count). The van der Waals surface area contributed by atoms with Gasteiger partial charge in [-0.1, -0.05) is 0 Å². The van der Waals surface area contributed by atoms with Gasteiger partial charge in [-0.2, -0.15) is 10.5 Å². The molecule has 0 aliphatic carbocycles. The van der Waals surface area contributed by atoms with Gasteiger partial charge >= 0.3 is 0 Å². The van der Waals surface area contributed by atoms with Crippen molar-refractivity contribution >= 4 is 0 Å². The number of aromatic nitrogens is 2. The first-order valence-electron chi connectivity index (χ1n) is 3.15. The second-order valence-corrected chi connectivity index (χ2v) is 2.07. The summed E-state index contributed by atoms with van der Waals surface area (Å²) in [6, 6.07) is 4.01. The fraction of sp³-hybridized carbons (Fsp3) is 0.286. The van der Waals surface area contributed by atoms with Crippen molar-refractivity contribution in [3.63, 3.8) is 0 Å². The SMILES string of the molecule is N#CCn1cc[n+](CC#N)c1.[Cl-]. The van der Waals surface area contributed by atoms with Gasteiger partial charge in [0.2, 0.25) is 6.33 Å². The van der Waals surface area contributed by atoms with Crippen LogP contribution in [0.2, 0.25) is 0 Å². The van der Waals surface area contributed by atoms with E-state index in [1.165, 1.54) is 0 Å². The lowest BCUT2D eigenvalue weighted by molar-refractivity contribution is -0.684. The Morgan fingerprint density at radius 3 is 2.67 bits per heavy atom. The number of nitrogens with zero attached hydrogens (tertiary/aromatic N) is 4. The molecule has 0 saturated carbocycles. The number of imidazole rings is 1. The van der Waals surface area contributed by atoms with Gasteiger partial charge in [-0.25, -0.2) is 9.13 Å².